The van der Waals surface area contributed by atoms with Crippen molar-refractivity contribution in [3.63, 3.8) is 0 Å². The van der Waals surface area contributed by atoms with Gasteiger partial charge in [0.2, 0.25) is 0 Å². The van der Waals surface area contributed by atoms with Crippen LogP contribution in [0.5, 0.6) is 0 Å². The molecule has 0 aliphatic rings. The molecular weight excluding hydrogens is 699 g/mol. The highest BCUT2D eigenvalue weighted by Gasteiger charge is 2.22. The number of rotatable bonds is 6. The first-order chi connectivity index (χ1) is 27.8. The molecular formula is C52H33N3S. The van der Waals surface area contributed by atoms with Crippen LogP contribution in [0.25, 0.3) is 104 Å². The van der Waals surface area contributed by atoms with Gasteiger partial charge in [-0.3, -0.25) is 0 Å². The van der Waals surface area contributed by atoms with Crippen LogP contribution in [-0.2, 0) is 0 Å². The van der Waals surface area contributed by atoms with E-state index < -0.39 is 0 Å². The Bertz CT molecular complexity index is 3250. The maximum atomic E-state index is 5.53. The third-order valence-corrected chi connectivity index (χ3v) is 12.0. The van der Waals surface area contributed by atoms with Crippen molar-refractivity contribution < 1.29 is 0 Å². The van der Waals surface area contributed by atoms with Crippen molar-refractivity contribution in [1.82, 2.24) is 14.5 Å². The Kier molecular flexibility index (Phi) is 7.68. The lowest BCUT2D eigenvalue weighted by Crippen LogP contribution is -2.00. The maximum absolute atomic E-state index is 5.53. The highest BCUT2D eigenvalue weighted by atomic mass is 32.1. The van der Waals surface area contributed by atoms with Crippen molar-refractivity contribution in [2.45, 2.75) is 0 Å². The van der Waals surface area contributed by atoms with E-state index in [0.717, 1.165) is 61.1 Å². The Morgan fingerprint density at radius 3 is 1.75 bits per heavy atom. The van der Waals surface area contributed by atoms with Crippen LogP contribution < -0.4 is 0 Å². The fourth-order valence-electron chi connectivity index (χ4n) is 8.17. The largest absolute Gasteiger partial charge is 0.306 e. The minimum atomic E-state index is 0.699. The van der Waals surface area contributed by atoms with E-state index in [0.29, 0.717) is 5.82 Å². The summed E-state index contributed by atoms with van der Waals surface area (Å²) in [6, 6.07) is 71.4. The van der Waals surface area contributed by atoms with E-state index in [1.807, 2.05) is 11.3 Å². The third-order valence-electron chi connectivity index (χ3n) is 10.8. The molecule has 0 saturated heterocycles. The second kappa shape index (κ2) is 13.3. The van der Waals surface area contributed by atoms with Gasteiger partial charge in [-0.2, -0.15) is 0 Å². The summed E-state index contributed by atoms with van der Waals surface area (Å²) in [5, 5.41) is 3.68. The standard InChI is InChI=1S/C52H33N3S/c1-3-15-34(16-4-1)35-17-11-18-36(31-35)37-19-12-21-39(32-37)48-50-49(45-26-7-9-29-46(45)55(50)41-23-5-2-6-24-41)54-52(53-48)40-22-13-20-38(33-40)42-27-14-28-44-43-25-8-10-30-47(43)56-51(42)44/h1-33H. The van der Waals surface area contributed by atoms with Gasteiger partial charge in [0.15, 0.2) is 5.82 Å². The fraction of sp³-hybridized carbons (Fsp3) is 0. The lowest BCUT2D eigenvalue weighted by Gasteiger charge is -2.14. The third kappa shape index (κ3) is 5.42. The molecule has 11 aromatic rings. The molecule has 11 rings (SSSR count). The molecule has 0 bridgehead atoms. The van der Waals surface area contributed by atoms with Gasteiger partial charge >= 0.3 is 0 Å². The van der Waals surface area contributed by atoms with Gasteiger partial charge in [0, 0.05) is 42.4 Å². The molecule has 3 heterocycles. The van der Waals surface area contributed by atoms with Gasteiger partial charge in [-0.1, -0.05) is 158 Å². The average molecular weight is 732 g/mol. The van der Waals surface area contributed by atoms with E-state index >= 15 is 0 Å². The van der Waals surface area contributed by atoms with Crippen molar-refractivity contribution in [3.8, 4) is 61.7 Å². The predicted molar refractivity (Wildman–Crippen MR) is 236 cm³/mol. The van der Waals surface area contributed by atoms with Gasteiger partial charge in [-0.15, -0.1) is 11.3 Å². The molecule has 0 aliphatic heterocycles. The summed E-state index contributed by atoms with van der Waals surface area (Å²) in [4.78, 5) is 11.0. The molecule has 0 radical (unpaired) electrons. The minimum absolute atomic E-state index is 0.699. The fourth-order valence-corrected chi connectivity index (χ4v) is 9.41. The zero-order valence-electron chi connectivity index (χ0n) is 30.3. The molecule has 4 heteroatoms. The van der Waals surface area contributed by atoms with E-state index in [4.69, 9.17) is 9.97 Å². The molecule has 0 N–H and O–H groups in total. The lowest BCUT2D eigenvalue weighted by atomic mass is 9.97. The number of aromatic nitrogens is 3. The van der Waals surface area contributed by atoms with Crippen LogP contribution >= 0.6 is 11.3 Å². The first-order valence-electron chi connectivity index (χ1n) is 18.9. The van der Waals surface area contributed by atoms with E-state index in [1.165, 1.54) is 36.9 Å². The second-order valence-electron chi connectivity index (χ2n) is 14.2. The molecule has 0 fully saturated rings. The summed E-state index contributed by atoms with van der Waals surface area (Å²) in [6.07, 6.45) is 0. The Balaban J connectivity index is 1.14. The van der Waals surface area contributed by atoms with Crippen LogP contribution in [0.15, 0.2) is 200 Å². The summed E-state index contributed by atoms with van der Waals surface area (Å²) >= 11 is 1.85. The summed E-state index contributed by atoms with van der Waals surface area (Å²) < 4.78 is 4.92. The number of para-hydroxylation sites is 2. The molecule has 0 saturated carbocycles. The van der Waals surface area contributed by atoms with Gasteiger partial charge in [0.05, 0.1) is 16.7 Å². The molecule has 3 aromatic heterocycles. The number of benzene rings is 8. The number of hydrogen-bond acceptors (Lipinski definition) is 3. The highest BCUT2D eigenvalue weighted by Crippen LogP contribution is 2.42. The SMILES string of the molecule is c1ccc(-c2cccc(-c3cccc(-c4nc(-c5cccc(-c6cccc7c6sc6ccccc67)c5)nc5c6ccccc6n(-c6ccccc6)c45)c3)c2)cc1. The smallest absolute Gasteiger partial charge is 0.160 e. The van der Waals surface area contributed by atoms with Crippen LogP contribution in [0.1, 0.15) is 0 Å². The number of thiophene rings is 1. The van der Waals surface area contributed by atoms with Gasteiger partial charge in [-0.25, -0.2) is 9.97 Å². The molecule has 0 amide bonds. The molecule has 0 aliphatic carbocycles. The quantitative estimate of drug-likeness (QED) is 0.170. The van der Waals surface area contributed by atoms with E-state index in [-0.39, 0.29) is 0 Å². The summed E-state index contributed by atoms with van der Waals surface area (Å²) in [6.45, 7) is 0. The first-order valence-corrected chi connectivity index (χ1v) is 19.7. The normalized spacial score (nSPS) is 11.6. The van der Waals surface area contributed by atoms with Crippen molar-refractivity contribution >= 4 is 53.4 Å². The van der Waals surface area contributed by atoms with Gasteiger partial charge in [0.25, 0.3) is 0 Å². The first kappa shape index (κ1) is 32.3. The second-order valence-corrected chi connectivity index (χ2v) is 15.2. The van der Waals surface area contributed by atoms with Crippen molar-refractivity contribution in [2.75, 3.05) is 0 Å². The van der Waals surface area contributed by atoms with Crippen LogP contribution in [0.3, 0.4) is 0 Å². The molecule has 3 nitrogen and oxygen atoms in total. The van der Waals surface area contributed by atoms with E-state index in [2.05, 4.69) is 205 Å². The summed E-state index contributed by atoms with van der Waals surface area (Å²) in [5.74, 6) is 0.699. The topological polar surface area (TPSA) is 30.7 Å². The van der Waals surface area contributed by atoms with E-state index in [1.54, 1.807) is 0 Å². The lowest BCUT2D eigenvalue weighted by molar-refractivity contribution is 1.15. The monoisotopic (exact) mass is 731 g/mol. The molecule has 56 heavy (non-hydrogen) atoms. The average Bonchev–Trinajstić information content (AvgIpc) is 3.83. The number of fused-ring (bicyclic) bond motifs is 6. The van der Waals surface area contributed by atoms with Crippen molar-refractivity contribution in [3.05, 3.63) is 200 Å². The molecule has 262 valence electrons. The van der Waals surface area contributed by atoms with Crippen molar-refractivity contribution in [1.29, 1.82) is 0 Å². The van der Waals surface area contributed by atoms with Gasteiger partial charge < -0.3 is 4.57 Å². The highest BCUT2D eigenvalue weighted by molar-refractivity contribution is 7.26. The van der Waals surface area contributed by atoms with Crippen LogP contribution in [-0.4, -0.2) is 14.5 Å². The maximum Gasteiger partial charge on any atom is 0.160 e. The number of hydrogen-bond donors (Lipinski definition) is 0. The molecule has 8 aromatic carbocycles. The molecule has 0 spiro atoms. The Hall–Kier alpha value is -7.14. The summed E-state index contributed by atoms with van der Waals surface area (Å²) in [5.41, 5.74) is 14.0. The van der Waals surface area contributed by atoms with Crippen molar-refractivity contribution in [2.24, 2.45) is 0 Å². The molecule has 0 atom stereocenters. The van der Waals surface area contributed by atoms with Gasteiger partial charge in [-0.05, 0) is 75.8 Å². The van der Waals surface area contributed by atoms with Crippen LogP contribution in [0, 0.1) is 0 Å². The Morgan fingerprint density at radius 2 is 0.946 bits per heavy atom. The van der Waals surface area contributed by atoms with Crippen LogP contribution in [0.2, 0.25) is 0 Å². The molecule has 0 unspecified atom stereocenters. The zero-order valence-corrected chi connectivity index (χ0v) is 31.1. The zero-order chi connectivity index (χ0) is 37.0. The summed E-state index contributed by atoms with van der Waals surface area (Å²) in [7, 11) is 0. The number of nitrogens with zero attached hydrogens (tertiary/aromatic N) is 3. The Labute approximate surface area is 328 Å². The van der Waals surface area contributed by atoms with Crippen LogP contribution in [0.4, 0.5) is 0 Å². The van der Waals surface area contributed by atoms with Gasteiger partial charge in [0.1, 0.15) is 5.52 Å². The predicted octanol–water partition coefficient (Wildman–Crippen LogP) is 14.3. The van der Waals surface area contributed by atoms with E-state index in [9.17, 15) is 0 Å². The minimum Gasteiger partial charge on any atom is -0.306 e. The Morgan fingerprint density at radius 1 is 0.393 bits per heavy atom.